The van der Waals surface area contributed by atoms with Crippen LogP contribution < -0.4 is 5.32 Å². The van der Waals surface area contributed by atoms with Crippen molar-refractivity contribution in [2.45, 2.75) is 20.3 Å². The topological polar surface area (TPSA) is 29.1 Å². The number of anilines is 1. The Balaban J connectivity index is 2.10. The van der Waals surface area contributed by atoms with E-state index in [2.05, 4.69) is 12.2 Å². The number of benzene rings is 1. The summed E-state index contributed by atoms with van der Waals surface area (Å²) in [7, 11) is 0. The second-order valence-electron chi connectivity index (χ2n) is 4.22. The van der Waals surface area contributed by atoms with Crippen LogP contribution in [-0.4, -0.2) is 5.91 Å². The fourth-order valence-corrected chi connectivity index (χ4v) is 1.83. The first-order valence-electron chi connectivity index (χ1n) is 5.15. The van der Waals surface area contributed by atoms with Gasteiger partial charge in [-0.25, -0.2) is 0 Å². The molecular weight excluding hydrogens is 210 g/mol. The molecule has 1 saturated carbocycles. The zero-order valence-electron chi connectivity index (χ0n) is 8.88. The van der Waals surface area contributed by atoms with E-state index in [1.54, 1.807) is 0 Å². The second kappa shape index (κ2) is 3.86. The van der Waals surface area contributed by atoms with Crippen molar-refractivity contribution in [3.05, 3.63) is 28.8 Å². The van der Waals surface area contributed by atoms with Crippen LogP contribution in [0.1, 0.15) is 18.9 Å². The summed E-state index contributed by atoms with van der Waals surface area (Å²) < 4.78 is 0. The fourth-order valence-electron chi connectivity index (χ4n) is 1.66. The predicted octanol–water partition coefficient (Wildman–Crippen LogP) is 3.24. The van der Waals surface area contributed by atoms with Gasteiger partial charge in [-0.2, -0.15) is 0 Å². The van der Waals surface area contributed by atoms with E-state index >= 15 is 0 Å². The van der Waals surface area contributed by atoms with Crippen molar-refractivity contribution in [3.8, 4) is 0 Å². The quantitative estimate of drug-likeness (QED) is 0.820. The van der Waals surface area contributed by atoms with Gasteiger partial charge in [0.2, 0.25) is 5.91 Å². The Morgan fingerprint density at radius 2 is 2.20 bits per heavy atom. The van der Waals surface area contributed by atoms with E-state index < -0.39 is 0 Å². The van der Waals surface area contributed by atoms with E-state index in [0.29, 0.717) is 10.9 Å². The van der Waals surface area contributed by atoms with Crippen molar-refractivity contribution in [1.82, 2.24) is 0 Å². The van der Waals surface area contributed by atoms with Gasteiger partial charge >= 0.3 is 0 Å². The van der Waals surface area contributed by atoms with Crippen molar-refractivity contribution in [2.24, 2.45) is 11.8 Å². The molecule has 2 rings (SSSR count). The Kier molecular flexibility index (Phi) is 2.70. The Labute approximate surface area is 94.6 Å². The molecule has 1 N–H and O–H groups in total. The summed E-state index contributed by atoms with van der Waals surface area (Å²) in [5, 5.41) is 3.61. The van der Waals surface area contributed by atoms with Gasteiger partial charge in [0, 0.05) is 16.6 Å². The third-order valence-corrected chi connectivity index (χ3v) is 3.38. The van der Waals surface area contributed by atoms with E-state index in [-0.39, 0.29) is 11.8 Å². The monoisotopic (exact) mass is 223 g/mol. The van der Waals surface area contributed by atoms with Crippen LogP contribution in [0.4, 0.5) is 5.69 Å². The number of carbonyl (C=O) groups excluding carboxylic acids is 1. The summed E-state index contributed by atoms with van der Waals surface area (Å²) in [4.78, 5) is 11.7. The number of rotatable bonds is 2. The molecule has 15 heavy (non-hydrogen) atoms. The minimum atomic E-state index is 0.118. The Hall–Kier alpha value is -1.02. The van der Waals surface area contributed by atoms with Gasteiger partial charge in [-0.15, -0.1) is 0 Å². The Morgan fingerprint density at radius 3 is 2.80 bits per heavy atom. The van der Waals surface area contributed by atoms with Gasteiger partial charge in [0.25, 0.3) is 0 Å². The van der Waals surface area contributed by atoms with Gasteiger partial charge in [-0.3, -0.25) is 4.79 Å². The first kappa shape index (κ1) is 10.5. The lowest BCUT2D eigenvalue weighted by Gasteiger charge is -2.08. The van der Waals surface area contributed by atoms with Gasteiger partial charge in [0.05, 0.1) is 0 Å². The SMILES string of the molecule is Cc1c(Cl)cccc1NC(=O)[C@@H]1C[C@H]1C. The zero-order chi connectivity index (χ0) is 11.0. The van der Waals surface area contributed by atoms with Gasteiger partial charge in [0.15, 0.2) is 0 Å². The normalized spacial score (nSPS) is 23.7. The molecule has 0 spiro atoms. The number of nitrogens with one attached hydrogen (secondary N) is 1. The summed E-state index contributed by atoms with van der Waals surface area (Å²) in [6.07, 6.45) is 1.01. The molecule has 1 aromatic carbocycles. The molecule has 80 valence electrons. The smallest absolute Gasteiger partial charge is 0.227 e. The van der Waals surface area contributed by atoms with Gasteiger partial charge in [0.1, 0.15) is 0 Å². The predicted molar refractivity (Wildman–Crippen MR) is 62.1 cm³/mol. The standard InChI is InChI=1S/C12H14ClNO/c1-7-6-9(7)12(15)14-11-5-3-4-10(13)8(11)2/h3-5,7,9H,6H2,1-2H3,(H,14,15)/t7-,9-/m1/s1. The Morgan fingerprint density at radius 1 is 1.53 bits per heavy atom. The lowest BCUT2D eigenvalue weighted by Crippen LogP contribution is -2.15. The second-order valence-corrected chi connectivity index (χ2v) is 4.63. The summed E-state index contributed by atoms with van der Waals surface area (Å²) in [6.45, 7) is 4.00. The first-order valence-corrected chi connectivity index (χ1v) is 5.53. The highest BCUT2D eigenvalue weighted by Crippen LogP contribution is 2.38. The maximum Gasteiger partial charge on any atom is 0.227 e. The van der Waals surface area contributed by atoms with E-state index in [0.717, 1.165) is 17.7 Å². The van der Waals surface area contributed by atoms with Gasteiger partial charge < -0.3 is 5.32 Å². The van der Waals surface area contributed by atoms with Crippen LogP contribution in [0, 0.1) is 18.8 Å². The highest BCUT2D eigenvalue weighted by molar-refractivity contribution is 6.31. The third-order valence-electron chi connectivity index (χ3n) is 2.97. The fraction of sp³-hybridized carbons (Fsp3) is 0.417. The molecule has 2 nitrogen and oxygen atoms in total. The molecular formula is C12H14ClNO. The number of amides is 1. The lowest BCUT2D eigenvalue weighted by molar-refractivity contribution is -0.117. The van der Waals surface area contributed by atoms with Crippen molar-refractivity contribution in [1.29, 1.82) is 0 Å². The molecule has 1 aliphatic rings. The summed E-state index contributed by atoms with van der Waals surface area (Å²) in [5.41, 5.74) is 1.76. The molecule has 0 heterocycles. The molecule has 0 radical (unpaired) electrons. The third kappa shape index (κ3) is 2.15. The molecule has 2 atom stereocenters. The van der Waals surface area contributed by atoms with Crippen molar-refractivity contribution >= 4 is 23.2 Å². The molecule has 1 amide bonds. The van der Waals surface area contributed by atoms with Gasteiger partial charge in [-0.1, -0.05) is 24.6 Å². The van der Waals surface area contributed by atoms with E-state index in [1.165, 1.54) is 0 Å². The minimum Gasteiger partial charge on any atom is -0.326 e. The van der Waals surface area contributed by atoms with E-state index in [9.17, 15) is 4.79 Å². The minimum absolute atomic E-state index is 0.118. The number of hydrogen-bond donors (Lipinski definition) is 1. The van der Waals surface area contributed by atoms with E-state index in [1.807, 2.05) is 25.1 Å². The Bertz CT molecular complexity index is 403. The number of halogens is 1. The molecule has 1 aliphatic carbocycles. The molecule has 1 fully saturated rings. The van der Waals surface area contributed by atoms with E-state index in [4.69, 9.17) is 11.6 Å². The molecule has 3 heteroatoms. The van der Waals surface area contributed by atoms with Crippen LogP contribution in [0.3, 0.4) is 0 Å². The average Bonchev–Trinajstić information content (AvgIpc) is 2.91. The molecule has 0 saturated heterocycles. The first-order chi connectivity index (χ1) is 7.09. The number of carbonyl (C=O) groups is 1. The van der Waals surface area contributed by atoms with Crippen LogP contribution in [0.5, 0.6) is 0 Å². The highest BCUT2D eigenvalue weighted by Gasteiger charge is 2.39. The van der Waals surface area contributed by atoms with Crippen molar-refractivity contribution < 1.29 is 4.79 Å². The van der Waals surface area contributed by atoms with Crippen LogP contribution in [0.25, 0.3) is 0 Å². The average molecular weight is 224 g/mol. The highest BCUT2D eigenvalue weighted by atomic mass is 35.5. The number of hydrogen-bond acceptors (Lipinski definition) is 1. The molecule has 0 bridgehead atoms. The lowest BCUT2D eigenvalue weighted by atomic mass is 10.2. The van der Waals surface area contributed by atoms with Crippen molar-refractivity contribution in [3.63, 3.8) is 0 Å². The van der Waals surface area contributed by atoms with Crippen LogP contribution in [-0.2, 0) is 4.79 Å². The summed E-state index contributed by atoms with van der Waals surface area (Å²) in [5.74, 6) is 0.848. The maximum absolute atomic E-state index is 11.7. The van der Waals surface area contributed by atoms with Crippen LogP contribution >= 0.6 is 11.6 Å². The molecule has 1 aromatic rings. The van der Waals surface area contributed by atoms with Crippen molar-refractivity contribution in [2.75, 3.05) is 5.32 Å². The molecule has 0 aromatic heterocycles. The van der Waals surface area contributed by atoms with Gasteiger partial charge in [-0.05, 0) is 37.0 Å². The molecule has 0 unspecified atom stereocenters. The maximum atomic E-state index is 11.7. The van der Waals surface area contributed by atoms with Crippen LogP contribution in [0.2, 0.25) is 5.02 Å². The molecule has 0 aliphatic heterocycles. The zero-order valence-corrected chi connectivity index (χ0v) is 9.64. The summed E-state index contributed by atoms with van der Waals surface area (Å²) in [6, 6.07) is 5.56. The largest absolute Gasteiger partial charge is 0.326 e. The summed E-state index contributed by atoms with van der Waals surface area (Å²) >= 11 is 5.97. The van der Waals surface area contributed by atoms with Crippen LogP contribution in [0.15, 0.2) is 18.2 Å².